The van der Waals surface area contributed by atoms with Gasteiger partial charge in [-0.3, -0.25) is 9.59 Å². The van der Waals surface area contributed by atoms with Gasteiger partial charge in [0, 0.05) is 29.2 Å². The fourth-order valence-corrected chi connectivity index (χ4v) is 2.66. The van der Waals surface area contributed by atoms with E-state index in [2.05, 4.69) is 31.9 Å². The quantitative estimate of drug-likeness (QED) is 0.694. The molecule has 0 saturated carbocycles. The van der Waals surface area contributed by atoms with Crippen LogP contribution in [-0.4, -0.2) is 44.2 Å². The molecular formula is C15H21BrClN3O3. The highest BCUT2D eigenvalue weighted by molar-refractivity contribution is 9.10. The van der Waals surface area contributed by atoms with Crippen molar-refractivity contribution in [2.24, 2.45) is 0 Å². The number of aryl methyl sites for hydroxylation is 1. The molecular weight excluding hydrogens is 386 g/mol. The van der Waals surface area contributed by atoms with Crippen LogP contribution in [0.25, 0.3) is 0 Å². The number of ether oxygens (including phenoxy) is 1. The van der Waals surface area contributed by atoms with Crippen LogP contribution in [0, 0.1) is 6.92 Å². The molecule has 2 rings (SSSR count). The third-order valence-electron chi connectivity index (χ3n) is 3.34. The molecule has 1 aliphatic heterocycles. The summed E-state index contributed by atoms with van der Waals surface area (Å²) in [7, 11) is 0. The molecule has 0 bridgehead atoms. The lowest BCUT2D eigenvalue weighted by Crippen LogP contribution is -2.45. The zero-order chi connectivity index (χ0) is 15.9. The number of halogens is 2. The fraction of sp³-hybridized carbons (Fsp3) is 0.467. The third-order valence-corrected chi connectivity index (χ3v) is 3.83. The molecule has 1 saturated heterocycles. The van der Waals surface area contributed by atoms with Gasteiger partial charge in [0.25, 0.3) is 0 Å². The number of nitrogens with one attached hydrogen (secondary N) is 3. The van der Waals surface area contributed by atoms with Crippen LogP contribution in [-0.2, 0) is 14.3 Å². The number of amides is 2. The van der Waals surface area contributed by atoms with E-state index in [4.69, 9.17) is 4.74 Å². The van der Waals surface area contributed by atoms with Gasteiger partial charge in [-0.25, -0.2) is 0 Å². The standard InChI is InChI=1S/C15H20BrN3O3.ClH/c1-10-6-11(16)2-3-13(10)19-15(21)8-18-14(20)7-12-9-22-5-4-17-12;/h2-3,6,12,17H,4-5,7-9H2,1H3,(H,18,20)(H,19,21);1H. The lowest BCUT2D eigenvalue weighted by Gasteiger charge is -2.23. The number of anilines is 1. The summed E-state index contributed by atoms with van der Waals surface area (Å²) < 4.78 is 6.24. The SMILES string of the molecule is Cc1cc(Br)ccc1NC(=O)CNC(=O)CC1COCCN1.Cl. The van der Waals surface area contributed by atoms with Gasteiger partial charge in [0.05, 0.1) is 19.8 Å². The highest BCUT2D eigenvalue weighted by atomic mass is 79.9. The third kappa shape index (κ3) is 6.87. The van der Waals surface area contributed by atoms with Gasteiger partial charge >= 0.3 is 0 Å². The first-order valence-corrected chi connectivity index (χ1v) is 7.97. The first kappa shape index (κ1) is 19.9. The molecule has 0 spiro atoms. The summed E-state index contributed by atoms with van der Waals surface area (Å²) in [5, 5.41) is 8.61. The fourth-order valence-electron chi connectivity index (χ4n) is 2.19. The molecule has 23 heavy (non-hydrogen) atoms. The Hall–Kier alpha value is -1.15. The minimum atomic E-state index is -0.244. The topological polar surface area (TPSA) is 79.5 Å². The average Bonchev–Trinajstić information content (AvgIpc) is 2.49. The Bertz CT molecular complexity index is 551. The van der Waals surface area contributed by atoms with E-state index < -0.39 is 0 Å². The molecule has 0 aromatic heterocycles. The van der Waals surface area contributed by atoms with Crippen molar-refractivity contribution in [2.75, 3.05) is 31.6 Å². The van der Waals surface area contributed by atoms with Crippen LogP contribution >= 0.6 is 28.3 Å². The van der Waals surface area contributed by atoms with Gasteiger partial charge in [0.1, 0.15) is 0 Å². The predicted molar refractivity (Wildman–Crippen MR) is 95.0 cm³/mol. The van der Waals surface area contributed by atoms with Gasteiger partial charge in [-0.1, -0.05) is 15.9 Å². The first-order valence-electron chi connectivity index (χ1n) is 7.18. The molecule has 0 radical (unpaired) electrons. The normalized spacial score (nSPS) is 17.0. The molecule has 1 aliphatic rings. The average molecular weight is 407 g/mol. The predicted octanol–water partition coefficient (Wildman–Crippen LogP) is 1.61. The molecule has 2 amide bonds. The van der Waals surface area contributed by atoms with Crippen molar-refractivity contribution < 1.29 is 14.3 Å². The minimum absolute atomic E-state index is 0. The summed E-state index contributed by atoms with van der Waals surface area (Å²) in [4.78, 5) is 23.7. The van der Waals surface area contributed by atoms with E-state index in [1.165, 1.54) is 0 Å². The summed E-state index contributed by atoms with van der Waals surface area (Å²) in [6.45, 7) is 3.82. The number of hydrogen-bond acceptors (Lipinski definition) is 4. The molecule has 8 heteroatoms. The number of rotatable bonds is 5. The van der Waals surface area contributed by atoms with Crippen LogP contribution in [0.3, 0.4) is 0 Å². The molecule has 1 atom stereocenters. The van der Waals surface area contributed by atoms with E-state index in [0.717, 1.165) is 22.3 Å². The summed E-state index contributed by atoms with van der Waals surface area (Å²) in [6.07, 6.45) is 0.310. The van der Waals surface area contributed by atoms with E-state index in [9.17, 15) is 9.59 Å². The maximum absolute atomic E-state index is 11.9. The Labute approximate surface area is 150 Å². The van der Waals surface area contributed by atoms with Crippen molar-refractivity contribution >= 4 is 45.8 Å². The smallest absolute Gasteiger partial charge is 0.243 e. The molecule has 1 aromatic carbocycles. The number of carbonyl (C=O) groups excluding carboxylic acids is 2. The van der Waals surface area contributed by atoms with Gasteiger partial charge in [-0.05, 0) is 30.7 Å². The van der Waals surface area contributed by atoms with E-state index in [1.54, 1.807) is 0 Å². The Balaban J connectivity index is 0.00000264. The Morgan fingerprint density at radius 1 is 1.39 bits per heavy atom. The maximum atomic E-state index is 11.9. The summed E-state index contributed by atoms with van der Waals surface area (Å²) >= 11 is 3.37. The monoisotopic (exact) mass is 405 g/mol. The molecule has 1 heterocycles. The van der Waals surface area contributed by atoms with Gasteiger partial charge < -0.3 is 20.7 Å². The van der Waals surface area contributed by atoms with Gasteiger partial charge in [-0.2, -0.15) is 0 Å². The number of morpholine rings is 1. The Kier molecular flexibility index (Phi) is 8.54. The lowest BCUT2D eigenvalue weighted by atomic mass is 10.2. The van der Waals surface area contributed by atoms with Crippen LogP contribution in [0.5, 0.6) is 0 Å². The second-order valence-electron chi connectivity index (χ2n) is 5.21. The summed E-state index contributed by atoms with van der Waals surface area (Å²) in [6, 6.07) is 5.62. The molecule has 3 N–H and O–H groups in total. The zero-order valence-corrected chi connectivity index (χ0v) is 15.3. The summed E-state index contributed by atoms with van der Waals surface area (Å²) in [5.74, 6) is -0.405. The highest BCUT2D eigenvalue weighted by Gasteiger charge is 2.17. The van der Waals surface area contributed by atoms with E-state index in [-0.39, 0.29) is 36.8 Å². The van der Waals surface area contributed by atoms with Gasteiger partial charge in [0.2, 0.25) is 11.8 Å². The van der Waals surface area contributed by atoms with Crippen LogP contribution in [0.1, 0.15) is 12.0 Å². The number of hydrogen-bond donors (Lipinski definition) is 3. The van der Waals surface area contributed by atoms with Crippen LogP contribution in [0.15, 0.2) is 22.7 Å². The number of carbonyl (C=O) groups is 2. The van der Waals surface area contributed by atoms with Crippen LogP contribution in [0.4, 0.5) is 5.69 Å². The van der Waals surface area contributed by atoms with E-state index >= 15 is 0 Å². The van der Waals surface area contributed by atoms with Crippen molar-refractivity contribution in [3.63, 3.8) is 0 Å². The molecule has 1 unspecified atom stereocenters. The molecule has 0 aliphatic carbocycles. The second-order valence-corrected chi connectivity index (χ2v) is 6.13. The molecule has 6 nitrogen and oxygen atoms in total. The zero-order valence-electron chi connectivity index (χ0n) is 12.9. The van der Waals surface area contributed by atoms with Gasteiger partial charge in [0.15, 0.2) is 0 Å². The van der Waals surface area contributed by atoms with E-state index in [0.29, 0.717) is 19.6 Å². The summed E-state index contributed by atoms with van der Waals surface area (Å²) in [5.41, 5.74) is 1.70. The Morgan fingerprint density at radius 2 is 2.17 bits per heavy atom. The minimum Gasteiger partial charge on any atom is -0.378 e. The lowest BCUT2D eigenvalue weighted by molar-refractivity contribution is -0.125. The van der Waals surface area contributed by atoms with Gasteiger partial charge in [-0.15, -0.1) is 12.4 Å². The number of benzene rings is 1. The second kappa shape index (κ2) is 9.87. The van der Waals surface area contributed by atoms with Crippen molar-refractivity contribution in [1.82, 2.24) is 10.6 Å². The Morgan fingerprint density at radius 3 is 2.83 bits per heavy atom. The molecule has 1 fully saturated rings. The first-order chi connectivity index (χ1) is 10.5. The largest absolute Gasteiger partial charge is 0.378 e. The molecule has 128 valence electrons. The van der Waals surface area contributed by atoms with Crippen molar-refractivity contribution in [3.8, 4) is 0 Å². The highest BCUT2D eigenvalue weighted by Crippen LogP contribution is 2.19. The van der Waals surface area contributed by atoms with E-state index in [1.807, 2.05) is 25.1 Å². The van der Waals surface area contributed by atoms with Crippen molar-refractivity contribution in [1.29, 1.82) is 0 Å². The van der Waals surface area contributed by atoms with Crippen LogP contribution < -0.4 is 16.0 Å². The van der Waals surface area contributed by atoms with Crippen LogP contribution in [0.2, 0.25) is 0 Å². The maximum Gasteiger partial charge on any atom is 0.243 e. The molecule has 1 aromatic rings. The van der Waals surface area contributed by atoms with Crippen molar-refractivity contribution in [2.45, 2.75) is 19.4 Å². The van der Waals surface area contributed by atoms with Crippen molar-refractivity contribution in [3.05, 3.63) is 28.2 Å².